The molecule has 10 heteroatoms. The van der Waals surface area contributed by atoms with Gasteiger partial charge in [-0.3, -0.25) is 0 Å². The third-order valence-electron chi connectivity index (χ3n) is 13.0. The molecule has 0 amide bonds. The van der Waals surface area contributed by atoms with Crippen molar-refractivity contribution in [1.29, 1.82) is 0 Å². The summed E-state index contributed by atoms with van der Waals surface area (Å²) in [7, 11) is 0. The molecule has 5 saturated carbocycles. The Labute approximate surface area is 558 Å². The fourth-order valence-electron chi connectivity index (χ4n) is 9.50. The third kappa shape index (κ3) is 25.2. The van der Waals surface area contributed by atoms with Crippen molar-refractivity contribution in [2.45, 2.75) is 166 Å². The molecule has 0 atom stereocenters. The summed E-state index contributed by atoms with van der Waals surface area (Å²) in [6.45, 7) is 0. The minimum atomic E-state index is -0.596. The molecule has 2 aromatic carbocycles. The van der Waals surface area contributed by atoms with Gasteiger partial charge >= 0.3 is 233 Å². The van der Waals surface area contributed by atoms with Gasteiger partial charge in [0, 0.05) is 31.2 Å². The zero-order chi connectivity index (χ0) is 39.8. The molecule has 5 aliphatic carbocycles. The van der Waals surface area contributed by atoms with Gasteiger partial charge in [-0.05, 0) is 90.0 Å². The van der Waals surface area contributed by atoms with E-state index in [9.17, 15) is 28.0 Å². The second-order valence-electron chi connectivity index (χ2n) is 16.8. The largest absolute Gasteiger partial charge is 1.00 e. The maximum absolute atomic E-state index is 13.6. The summed E-state index contributed by atoms with van der Waals surface area (Å²) in [6, 6.07) is 11.3. The van der Waals surface area contributed by atoms with Gasteiger partial charge in [-0.15, -0.1) is 0 Å². The summed E-state index contributed by atoms with van der Waals surface area (Å²) in [5.74, 6) is 3.20. The van der Waals surface area contributed by atoms with Crippen LogP contribution < -0.4 is 233 Å². The van der Waals surface area contributed by atoms with Crippen molar-refractivity contribution in [3.8, 4) is 0 Å². The van der Waals surface area contributed by atoms with Gasteiger partial charge in [0.05, 0.1) is 0 Å². The van der Waals surface area contributed by atoms with Crippen molar-refractivity contribution in [1.82, 2.24) is 0 Å². The van der Waals surface area contributed by atoms with E-state index in [1.54, 1.807) is 0 Å². The van der Waals surface area contributed by atoms with Gasteiger partial charge in [0.2, 0.25) is 0 Å². The molecule has 0 saturated heterocycles. The number of rotatable bonds is 11. The number of hydrogen-bond donors (Lipinski definition) is 0. The molecular formula is C50H68F2O4Rb4. The van der Waals surface area contributed by atoms with Crippen LogP contribution in [-0.4, -0.2) is 25.1 Å². The molecule has 0 radical (unpaired) electrons. The van der Waals surface area contributed by atoms with Crippen LogP contribution in [0, 0.1) is 61.0 Å². The molecular weight excluding hydrogens is 1040 g/mol. The van der Waals surface area contributed by atoms with E-state index in [-0.39, 0.29) is 251 Å². The first kappa shape index (κ1) is 64.2. The number of halogens is 2. The van der Waals surface area contributed by atoms with Crippen molar-refractivity contribution in [2.75, 3.05) is 0 Å². The van der Waals surface area contributed by atoms with Gasteiger partial charge in [-0.25, -0.2) is 8.78 Å². The average molecular weight is 1110 g/mol. The van der Waals surface area contributed by atoms with Gasteiger partial charge in [-0.2, -0.15) is 51.4 Å². The molecule has 2 aromatic rings. The summed E-state index contributed by atoms with van der Waals surface area (Å²) in [5.41, 5.74) is 3.17. The zero-order valence-electron chi connectivity index (χ0n) is 37.9. The standard InChI is InChI=1S/C14H15F2O.C14H23O.C14H17O.C8H13O.4Rb/c15-13-8-11(10-4-2-1-3-5-10)9-14(16)12(13)6-7-17;2*15-11-10-12-6-8-14(9-7-12)13-4-2-1-3-5-13;9-7-6-8-4-2-1-3-5-8;;;;/h1,7-10H,2-6H2;1,11-14H,2-10H2;1,6-9,11,13H,2-5,10H2;1,7-8H,2-6H2;;;;/q4*-1;4*+1. The second-order valence-corrected chi connectivity index (χ2v) is 16.8. The predicted octanol–water partition coefficient (Wildman–Crippen LogP) is 0.620. The second kappa shape index (κ2) is 40.0. The summed E-state index contributed by atoms with van der Waals surface area (Å²) in [4.78, 5) is 41.2. The van der Waals surface area contributed by atoms with Crippen LogP contribution in [0.3, 0.4) is 0 Å². The summed E-state index contributed by atoms with van der Waals surface area (Å²) >= 11 is 0. The average Bonchev–Trinajstić information content (AvgIpc) is 3.25. The van der Waals surface area contributed by atoms with Gasteiger partial charge in [-0.1, -0.05) is 75.6 Å². The Bertz CT molecular complexity index is 1390. The Morgan fingerprint density at radius 1 is 0.450 bits per heavy atom. The first-order valence-electron chi connectivity index (χ1n) is 22.0. The minimum absolute atomic E-state index is 0. The summed E-state index contributed by atoms with van der Waals surface area (Å²) < 4.78 is 27.3. The first-order chi connectivity index (χ1) is 27.4. The fourth-order valence-corrected chi connectivity index (χ4v) is 9.50. The van der Waals surface area contributed by atoms with Crippen LogP contribution in [0.15, 0.2) is 36.4 Å². The monoisotopic (exact) mass is 1110 g/mol. The third-order valence-corrected chi connectivity index (χ3v) is 13.0. The number of hydrogen-bond acceptors (Lipinski definition) is 4. The van der Waals surface area contributed by atoms with E-state index in [2.05, 4.69) is 49.9 Å². The maximum Gasteiger partial charge on any atom is 1.00 e. The normalized spacial score (nSPS) is 21.0. The smallest absolute Gasteiger partial charge is 0.328 e. The van der Waals surface area contributed by atoms with Crippen molar-refractivity contribution < 1.29 is 261 Å². The molecule has 0 aromatic heterocycles. The number of carbonyl (C=O) groups excluding carboxylic acids is 4. The molecule has 0 unspecified atom stereocenters. The van der Waals surface area contributed by atoms with E-state index >= 15 is 0 Å². The molecule has 5 fully saturated rings. The molecule has 0 heterocycles. The van der Waals surface area contributed by atoms with E-state index in [1.165, 1.54) is 120 Å². The van der Waals surface area contributed by atoms with Crippen LogP contribution in [0.25, 0.3) is 0 Å². The van der Waals surface area contributed by atoms with Crippen LogP contribution in [-0.2, 0) is 32.0 Å². The molecule has 0 N–H and O–H groups in total. The molecule has 0 bridgehead atoms. The van der Waals surface area contributed by atoms with Gasteiger partial charge < -0.3 is 44.9 Å². The quantitative estimate of drug-likeness (QED) is 0.245. The molecule has 310 valence electrons. The Balaban J connectivity index is 0.000000771. The predicted molar refractivity (Wildman–Crippen MR) is 223 cm³/mol. The molecule has 60 heavy (non-hydrogen) atoms. The Morgan fingerprint density at radius 3 is 1.27 bits per heavy atom. The van der Waals surface area contributed by atoms with Crippen LogP contribution in [0.1, 0.15) is 175 Å². The molecule has 7 rings (SSSR count). The van der Waals surface area contributed by atoms with E-state index in [4.69, 9.17) is 0 Å². The van der Waals surface area contributed by atoms with Crippen LogP contribution in [0.5, 0.6) is 0 Å². The van der Waals surface area contributed by atoms with E-state index in [0.29, 0.717) is 24.5 Å². The van der Waals surface area contributed by atoms with Crippen LogP contribution >= 0.6 is 0 Å². The van der Waals surface area contributed by atoms with Gasteiger partial charge in [0.25, 0.3) is 0 Å². The number of benzene rings is 2. The van der Waals surface area contributed by atoms with Crippen molar-refractivity contribution >= 4 is 25.1 Å². The van der Waals surface area contributed by atoms with Crippen molar-refractivity contribution in [3.63, 3.8) is 0 Å². The molecule has 0 aliphatic heterocycles. The summed E-state index contributed by atoms with van der Waals surface area (Å²) in [6.07, 6.45) is 39.8. The topological polar surface area (TPSA) is 68.3 Å². The van der Waals surface area contributed by atoms with E-state index < -0.39 is 11.6 Å². The number of carbonyl (C=O) groups is 4. The SMILES string of the molecule is O=CCC1CCC(C2CC[CH-]CC2)CC1.O=CCC1CC[CH-]CC1.O=CCc1c(F)cc(C2CC[CH-]CC2)cc1F.O=CCc1ccc(C2CC[CH-]CC2)cc1.[Rb+].[Rb+].[Rb+].[Rb+]. The zero-order valence-corrected chi connectivity index (χ0v) is 57.6. The Morgan fingerprint density at radius 2 is 0.833 bits per heavy atom. The fraction of sp³-hybridized carbons (Fsp3) is 0.600. The Hall–Kier alpha value is 4.20. The van der Waals surface area contributed by atoms with Crippen LogP contribution in [0.2, 0.25) is 0 Å². The molecule has 0 spiro atoms. The van der Waals surface area contributed by atoms with Crippen molar-refractivity contribution in [3.05, 3.63) is 96.0 Å². The molecule has 4 nitrogen and oxygen atoms in total. The van der Waals surface area contributed by atoms with E-state index in [1.807, 2.05) is 0 Å². The van der Waals surface area contributed by atoms with Gasteiger partial charge in [0.15, 0.2) is 0 Å². The maximum atomic E-state index is 13.6. The van der Waals surface area contributed by atoms with Gasteiger partial charge in [0.1, 0.15) is 36.8 Å². The molecule has 5 aliphatic rings. The van der Waals surface area contributed by atoms with Crippen molar-refractivity contribution in [2.24, 2.45) is 23.7 Å². The Kier molecular flexibility index (Phi) is 42.8. The minimum Gasteiger partial charge on any atom is -0.328 e. The van der Waals surface area contributed by atoms with Crippen LogP contribution in [0.4, 0.5) is 8.78 Å². The first-order valence-corrected chi connectivity index (χ1v) is 22.0. The van der Waals surface area contributed by atoms with E-state index in [0.717, 1.165) is 86.3 Å². The number of aldehydes is 4. The summed E-state index contributed by atoms with van der Waals surface area (Å²) in [5, 5.41) is 0.